The zero-order chi connectivity index (χ0) is 30.3. The molecule has 0 aromatic heterocycles. The number of sulfonamides is 1. The maximum absolute atomic E-state index is 14.1. The first-order valence-electron chi connectivity index (χ1n) is 14.4. The summed E-state index contributed by atoms with van der Waals surface area (Å²) in [6.45, 7) is 8.32. The van der Waals surface area contributed by atoms with E-state index in [1.807, 2.05) is 58.0 Å². The van der Waals surface area contributed by atoms with Crippen LogP contribution < -0.4 is 9.64 Å². The first-order valence-corrected chi connectivity index (χ1v) is 15.8. The quantitative estimate of drug-likeness (QED) is 0.517. The number of aliphatic hydroxyl groups is 1. The Hall–Kier alpha value is -2.66. The van der Waals surface area contributed by atoms with E-state index in [9.17, 15) is 18.3 Å². The summed E-state index contributed by atoms with van der Waals surface area (Å²) in [6, 6.07) is 11.9. The highest BCUT2D eigenvalue weighted by atomic mass is 32.2. The lowest BCUT2D eigenvalue weighted by molar-refractivity contribution is -0.00833. The third-order valence-corrected chi connectivity index (χ3v) is 9.56. The van der Waals surface area contributed by atoms with E-state index in [1.54, 1.807) is 43.1 Å². The standard InChI is InChI=1S/C31H47N3O6S/c1-22-11-14-27(15-12-22)41(37,38)33(7)20-30-23(2)19-34(24(3)21-35)31(36)28-18-26(32(5)6)13-16-29(28)40-25(4)10-8-9-17-39-30/h11-16,18,23-25,30,35H,8-10,17,19-21H2,1-7H3/t23-,24+,25+,30-/m0/s1. The Kier molecular flexibility index (Phi) is 11.6. The van der Waals surface area contributed by atoms with Crippen molar-refractivity contribution in [1.82, 2.24) is 9.21 Å². The van der Waals surface area contributed by atoms with Crippen LogP contribution in [0.5, 0.6) is 5.75 Å². The van der Waals surface area contributed by atoms with E-state index in [1.165, 1.54) is 4.31 Å². The molecule has 1 amide bonds. The van der Waals surface area contributed by atoms with Gasteiger partial charge in [0.2, 0.25) is 10.0 Å². The minimum atomic E-state index is -3.73. The molecule has 1 heterocycles. The molecule has 0 fully saturated rings. The second-order valence-corrected chi connectivity index (χ2v) is 13.5. The molecule has 0 saturated heterocycles. The van der Waals surface area contributed by atoms with Crippen LogP contribution in [0.4, 0.5) is 5.69 Å². The molecule has 10 heteroatoms. The molecule has 0 saturated carbocycles. The Morgan fingerprint density at radius 1 is 1.07 bits per heavy atom. The SMILES string of the molecule is Cc1ccc(S(=O)(=O)N(C)C[C@@H]2OCCCC[C@@H](C)Oc3ccc(N(C)C)cc3C(=O)N([C@H](C)CO)C[C@@H]2C)cc1. The molecule has 41 heavy (non-hydrogen) atoms. The molecule has 0 aliphatic carbocycles. The van der Waals surface area contributed by atoms with Gasteiger partial charge in [0, 0.05) is 52.4 Å². The third-order valence-electron chi connectivity index (χ3n) is 7.72. The van der Waals surface area contributed by atoms with Crippen LogP contribution in [0.1, 0.15) is 56.0 Å². The second kappa shape index (κ2) is 14.5. The van der Waals surface area contributed by atoms with Gasteiger partial charge in [0.1, 0.15) is 5.75 Å². The number of fused-ring (bicyclic) bond motifs is 1. The van der Waals surface area contributed by atoms with Gasteiger partial charge < -0.3 is 24.4 Å². The normalized spacial score (nSPS) is 22.0. The summed E-state index contributed by atoms with van der Waals surface area (Å²) in [5, 5.41) is 10.1. The van der Waals surface area contributed by atoms with Crippen molar-refractivity contribution in [2.75, 3.05) is 52.3 Å². The minimum Gasteiger partial charge on any atom is -0.490 e. The van der Waals surface area contributed by atoms with E-state index in [4.69, 9.17) is 9.47 Å². The largest absolute Gasteiger partial charge is 0.490 e. The van der Waals surface area contributed by atoms with Crippen LogP contribution in [0.3, 0.4) is 0 Å². The first kappa shape index (κ1) is 32.8. The first-order chi connectivity index (χ1) is 19.3. The Labute approximate surface area is 246 Å². The Balaban J connectivity index is 1.96. The van der Waals surface area contributed by atoms with Crippen molar-refractivity contribution < 1.29 is 27.8 Å². The molecule has 0 radical (unpaired) electrons. The second-order valence-electron chi connectivity index (χ2n) is 11.5. The van der Waals surface area contributed by atoms with Crippen molar-refractivity contribution in [3.05, 3.63) is 53.6 Å². The molecule has 1 aliphatic rings. The number of amides is 1. The number of carbonyl (C=O) groups excluding carboxylic acids is 1. The summed E-state index contributed by atoms with van der Waals surface area (Å²) in [6.07, 6.45) is 1.87. The van der Waals surface area contributed by atoms with Gasteiger partial charge in [-0.05, 0) is 70.4 Å². The number of hydrogen-bond donors (Lipinski definition) is 1. The zero-order valence-electron chi connectivity index (χ0n) is 25.5. The molecule has 1 aliphatic heterocycles. The molecular formula is C31H47N3O6S. The number of aryl methyl sites for hydroxylation is 1. The molecule has 0 spiro atoms. The Bertz CT molecular complexity index is 1250. The van der Waals surface area contributed by atoms with Gasteiger partial charge in [-0.25, -0.2) is 8.42 Å². The molecule has 0 bridgehead atoms. The third kappa shape index (κ3) is 8.44. The van der Waals surface area contributed by atoms with E-state index in [2.05, 4.69) is 0 Å². The molecule has 0 unspecified atom stereocenters. The van der Waals surface area contributed by atoms with Gasteiger partial charge in [0.05, 0.1) is 35.3 Å². The van der Waals surface area contributed by atoms with E-state index < -0.39 is 22.2 Å². The van der Waals surface area contributed by atoms with E-state index in [0.717, 1.165) is 30.5 Å². The van der Waals surface area contributed by atoms with E-state index in [0.29, 0.717) is 17.9 Å². The Morgan fingerprint density at radius 3 is 2.39 bits per heavy atom. The van der Waals surface area contributed by atoms with Gasteiger partial charge in [-0.3, -0.25) is 4.79 Å². The van der Waals surface area contributed by atoms with Crippen LogP contribution in [0.15, 0.2) is 47.4 Å². The lowest BCUT2D eigenvalue weighted by Gasteiger charge is -2.35. The topological polar surface area (TPSA) is 99.6 Å². The van der Waals surface area contributed by atoms with Crippen LogP contribution >= 0.6 is 0 Å². The molecular weight excluding hydrogens is 542 g/mol. The van der Waals surface area contributed by atoms with E-state index in [-0.39, 0.29) is 42.5 Å². The van der Waals surface area contributed by atoms with Gasteiger partial charge in [-0.2, -0.15) is 4.31 Å². The highest BCUT2D eigenvalue weighted by Gasteiger charge is 2.32. The fourth-order valence-corrected chi connectivity index (χ4v) is 6.08. The summed E-state index contributed by atoms with van der Waals surface area (Å²) in [4.78, 5) is 17.9. The van der Waals surface area contributed by atoms with Crippen molar-refractivity contribution in [3.8, 4) is 5.75 Å². The van der Waals surface area contributed by atoms with E-state index >= 15 is 0 Å². The van der Waals surface area contributed by atoms with Crippen LogP contribution in [0, 0.1) is 12.8 Å². The number of benzene rings is 2. The fourth-order valence-electron chi connectivity index (χ4n) is 4.89. The van der Waals surface area contributed by atoms with Gasteiger partial charge in [-0.15, -0.1) is 0 Å². The Morgan fingerprint density at radius 2 is 1.76 bits per heavy atom. The summed E-state index contributed by atoms with van der Waals surface area (Å²) in [5.74, 6) is 0.0392. The number of aliphatic hydroxyl groups excluding tert-OH is 1. The summed E-state index contributed by atoms with van der Waals surface area (Å²) in [7, 11) is 1.66. The molecule has 1 N–H and O–H groups in total. The lowest BCUT2D eigenvalue weighted by Crippen LogP contribution is -2.48. The number of likely N-dealkylation sites (N-methyl/N-ethyl adjacent to an activating group) is 1. The fraction of sp³-hybridized carbons (Fsp3) is 0.581. The summed E-state index contributed by atoms with van der Waals surface area (Å²) < 4.78 is 40.6. The molecule has 9 nitrogen and oxygen atoms in total. The predicted molar refractivity (Wildman–Crippen MR) is 162 cm³/mol. The highest BCUT2D eigenvalue weighted by Crippen LogP contribution is 2.29. The predicted octanol–water partition coefficient (Wildman–Crippen LogP) is 4.18. The monoisotopic (exact) mass is 589 g/mol. The molecule has 228 valence electrons. The molecule has 4 atom stereocenters. The zero-order valence-corrected chi connectivity index (χ0v) is 26.4. The highest BCUT2D eigenvalue weighted by molar-refractivity contribution is 7.89. The number of anilines is 1. The molecule has 2 aromatic carbocycles. The number of rotatable bonds is 7. The van der Waals surface area contributed by atoms with Crippen molar-refractivity contribution >= 4 is 21.6 Å². The minimum absolute atomic E-state index is 0.112. The summed E-state index contributed by atoms with van der Waals surface area (Å²) >= 11 is 0. The number of ether oxygens (including phenoxy) is 2. The lowest BCUT2D eigenvalue weighted by atomic mass is 10.0. The molecule has 3 rings (SSSR count). The maximum atomic E-state index is 14.1. The van der Waals surface area contributed by atoms with Crippen molar-refractivity contribution in [2.24, 2.45) is 5.92 Å². The van der Waals surface area contributed by atoms with Crippen molar-refractivity contribution in [1.29, 1.82) is 0 Å². The van der Waals surface area contributed by atoms with Gasteiger partial charge in [-0.1, -0.05) is 24.6 Å². The number of nitrogens with zero attached hydrogens (tertiary/aromatic N) is 3. The number of hydrogen-bond acceptors (Lipinski definition) is 7. The summed E-state index contributed by atoms with van der Waals surface area (Å²) in [5.41, 5.74) is 2.28. The van der Waals surface area contributed by atoms with Crippen LogP contribution in [0.25, 0.3) is 0 Å². The van der Waals surface area contributed by atoms with Crippen LogP contribution in [-0.4, -0.2) is 94.3 Å². The smallest absolute Gasteiger partial charge is 0.258 e. The van der Waals surface area contributed by atoms with Crippen LogP contribution in [-0.2, 0) is 14.8 Å². The van der Waals surface area contributed by atoms with Crippen LogP contribution in [0.2, 0.25) is 0 Å². The average molecular weight is 590 g/mol. The van der Waals surface area contributed by atoms with Gasteiger partial charge >= 0.3 is 0 Å². The van der Waals surface area contributed by atoms with Crippen molar-refractivity contribution in [2.45, 2.75) is 70.1 Å². The molecule has 2 aromatic rings. The van der Waals surface area contributed by atoms with Crippen molar-refractivity contribution in [3.63, 3.8) is 0 Å². The van der Waals surface area contributed by atoms with Gasteiger partial charge in [0.15, 0.2) is 0 Å². The average Bonchev–Trinajstić information content (AvgIpc) is 2.93. The van der Waals surface area contributed by atoms with Gasteiger partial charge in [0.25, 0.3) is 5.91 Å². The maximum Gasteiger partial charge on any atom is 0.258 e. The number of carbonyl (C=O) groups is 1.